The third-order valence-electron chi connectivity index (χ3n) is 5.84. The smallest absolute Gasteiger partial charge is 0.129 e. The summed E-state index contributed by atoms with van der Waals surface area (Å²) in [6.07, 6.45) is 5.39. The maximum Gasteiger partial charge on any atom is 0.129 e. The van der Waals surface area contributed by atoms with E-state index in [1.165, 1.54) is 6.07 Å². The van der Waals surface area contributed by atoms with E-state index in [1.54, 1.807) is 18.6 Å². The Morgan fingerprint density at radius 3 is 2.69 bits per heavy atom. The minimum absolute atomic E-state index is 0.0402. The Balaban J connectivity index is 1.56. The minimum Gasteiger partial charge on any atom is -0.361 e. The molecule has 0 saturated carbocycles. The van der Waals surface area contributed by atoms with Crippen molar-refractivity contribution >= 4 is 32.8 Å². The van der Waals surface area contributed by atoms with Crippen LogP contribution >= 0.6 is 0 Å². The van der Waals surface area contributed by atoms with Gasteiger partial charge in [-0.2, -0.15) is 5.26 Å². The van der Waals surface area contributed by atoms with Crippen LogP contribution in [0.25, 0.3) is 49.7 Å². The molecule has 0 bridgehead atoms. The van der Waals surface area contributed by atoms with E-state index < -0.39 is 5.82 Å². The molecule has 0 spiro atoms. The van der Waals surface area contributed by atoms with E-state index in [0.717, 1.165) is 44.0 Å². The summed E-state index contributed by atoms with van der Waals surface area (Å²) in [4.78, 5) is 12.3. The maximum absolute atomic E-state index is 14.5. The Labute approximate surface area is 182 Å². The molecule has 0 aliphatic rings. The van der Waals surface area contributed by atoms with Gasteiger partial charge in [-0.05, 0) is 59.0 Å². The second-order valence-electron chi connectivity index (χ2n) is 7.73. The number of nitrogens with zero attached hydrogens (tertiary/aromatic N) is 4. The van der Waals surface area contributed by atoms with Gasteiger partial charge in [0.05, 0.1) is 35.4 Å². The lowest BCUT2D eigenvalue weighted by Gasteiger charge is -2.10. The lowest BCUT2D eigenvalue weighted by molar-refractivity contribution is 0.614. The zero-order chi connectivity index (χ0) is 21.7. The number of hydrogen-bond acceptors (Lipinski definition) is 3. The van der Waals surface area contributed by atoms with Crippen molar-refractivity contribution in [1.82, 2.24) is 19.5 Å². The van der Waals surface area contributed by atoms with Crippen LogP contribution in [0.4, 0.5) is 4.39 Å². The summed E-state index contributed by atoms with van der Waals surface area (Å²) < 4.78 is 16.4. The predicted molar refractivity (Wildman–Crippen MR) is 123 cm³/mol. The first-order valence-electron chi connectivity index (χ1n) is 10.2. The van der Waals surface area contributed by atoms with Crippen molar-refractivity contribution in [3.63, 3.8) is 0 Å². The van der Waals surface area contributed by atoms with Gasteiger partial charge in [0.1, 0.15) is 17.7 Å². The van der Waals surface area contributed by atoms with Crippen LogP contribution < -0.4 is 0 Å². The highest BCUT2D eigenvalue weighted by Gasteiger charge is 2.13. The fraction of sp³-hybridized carbons (Fsp3) is 0.0385. The molecule has 3 heterocycles. The summed E-state index contributed by atoms with van der Waals surface area (Å²) in [5.41, 5.74) is 6.75. The highest BCUT2D eigenvalue weighted by molar-refractivity contribution is 6.04. The molecular formula is C26H16FN5. The number of nitrogens with one attached hydrogen (secondary N) is 1. The molecule has 0 amide bonds. The van der Waals surface area contributed by atoms with E-state index in [2.05, 4.69) is 51.4 Å². The molecule has 6 rings (SSSR count). The highest BCUT2D eigenvalue weighted by atomic mass is 19.1. The number of fused-ring (bicyclic) bond motifs is 4. The summed E-state index contributed by atoms with van der Waals surface area (Å²) in [5, 5.41) is 11.0. The Morgan fingerprint density at radius 1 is 0.938 bits per heavy atom. The number of aromatic nitrogens is 4. The summed E-state index contributed by atoms with van der Waals surface area (Å²) in [6.45, 7) is 0. The Morgan fingerprint density at radius 2 is 1.81 bits per heavy atom. The molecule has 152 valence electrons. The monoisotopic (exact) mass is 417 g/mol. The average Bonchev–Trinajstić information content (AvgIpc) is 3.47. The molecule has 6 aromatic rings. The van der Waals surface area contributed by atoms with Gasteiger partial charge >= 0.3 is 0 Å². The highest BCUT2D eigenvalue weighted by Crippen LogP contribution is 2.31. The van der Waals surface area contributed by atoms with E-state index in [1.807, 2.05) is 29.0 Å². The molecule has 3 aromatic heterocycles. The summed E-state index contributed by atoms with van der Waals surface area (Å²) in [7, 11) is 0. The van der Waals surface area contributed by atoms with Gasteiger partial charge in [0.15, 0.2) is 0 Å². The third kappa shape index (κ3) is 2.83. The molecule has 0 aliphatic heterocycles. The number of imidazole rings is 1. The van der Waals surface area contributed by atoms with Crippen molar-refractivity contribution < 1.29 is 4.39 Å². The van der Waals surface area contributed by atoms with E-state index in [0.29, 0.717) is 11.3 Å². The van der Waals surface area contributed by atoms with Crippen molar-refractivity contribution in [1.29, 1.82) is 5.26 Å². The first-order valence-corrected chi connectivity index (χ1v) is 10.2. The zero-order valence-electron chi connectivity index (χ0n) is 16.9. The van der Waals surface area contributed by atoms with Crippen LogP contribution in [0.5, 0.6) is 0 Å². The van der Waals surface area contributed by atoms with Gasteiger partial charge in [0.2, 0.25) is 0 Å². The number of nitriles is 1. The van der Waals surface area contributed by atoms with Gasteiger partial charge in [-0.25, -0.2) is 9.37 Å². The van der Waals surface area contributed by atoms with E-state index in [-0.39, 0.29) is 6.42 Å². The number of pyridine rings is 1. The molecule has 0 saturated heterocycles. The van der Waals surface area contributed by atoms with Gasteiger partial charge in [0, 0.05) is 22.7 Å². The van der Waals surface area contributed by atoms with Crippen LogP contribution in [-0.4, -0.2) is 19.5 Å². The third-order valence-corrected chi connectivity index (χ3v) is 5.84. The van der Waals surface area contributed by atoms with Crippen LogP contribution in [0, 0.1) is 17.1 Å². The predicted octanol–water partition coefficient (Wildman–Crippen LogP) is 5.93. The van der Waals surface area contributed by atoms with Crippen molar-refractivity contribution in [2.45, 2.75) is 6.42 Å². The maximum atomic E-state index is 14.5. The average molecular weight is 417 g/mol. The largest absolute Gasteiger partial charge is 0.361 e. The topological polar surface area (TPSA) is 70.3 Å². The lowest BCUT2D eigenvalue weighted by Crippen LogP contribution is -1.97. The van der Waals surface area contributed by atoms with Crippen LogP contribution in [0.3, 0.4) is 0 Å². The molecule has 0 radical (unpaired) electrons. The molecule has 0 unspecified atom stereocenters. The van der Waals surface area contributed by atoms with Crippen LogP contribution in [0.2, 0.25) is 0 Å². The molecule has 0 fully saturated rings. The normalized spacial score (nSPS) is 11.4. The summed E-state index contributed by atoms with van der Waals surface area (Å²) >= 11 is 0. The Bertz CT molecular complexity index is 1690. The molecule has 1 N–H and O–H groups in total. The number of H-pyrrole nitrogens is 1. The first kappa shape index (κ1) is 18.3. The molecule has 32 heavy (non-hydrogen) atoms. The number of halogens is 1. The van der Waals surface area contributed by atoms with Gasteiger partial charge in [-0.1, -0.05) is 18.2 Å². The van der Waals surface area contributed by atoms with Gasteiger partial charge in [0.25, 0.3) is 0 Å². The Hall–Kier alpha value is -4.50. The van der Waals surface area contributed by atoms with Crippen molar-refractivity contribution in [3.8, 4) is 22.9 Å². The fourth-order valence-corrected chi connectivity index (χ4v) is 4.22. The van der Waals surface area contributed by atoms with Crippen LogP contribution in [-0.2, 0) is 6.42 Å². The van der Waals surface area contributed by atoms with E-state index >= 15 is 0 Å². The molecule has 6 heteroatoms. The first-order chi connectivity index (χ1) is 15.7. The van der Waals surface area contributed by atoms with Gasteiger partial charge in [-0.3, -0.25) is 9.55 Å². The van der Waals surface area contributed by atoms with Crippen LogP contribution in [0.1, 0.15) is 5.56 Å². The van der Waals surface area contributed by atoms with Crippen molar-refractivity contribution in [2.75, 3.05) is 0 Å². The molecule has 3 aromatic carbocycles. The quantitative estimate of drug-likeness (QED) is 0.388. The Kier molecular flexibility index (Phi) is 4.02. The second-order valence-corrected chi connectivity index (χ2v) is 7.73. The second kappa shape index (κ2) is 7.03. The zero-order valence-corrected chi connectivity index (χ0v) is 16.9. The van der Waals surface area contributed by atoms with Gasteiger partial charge < -0.3 is 4.98 Å². The summed E-state index contributed by atoms with van der Waals surface area (Å²) in [5.74, 6) is -0.398. The van der Waals surface area contributed by atoms with Crippen molar-refractivity contribution in [2.24, 2.45) is 0 Å². The molecular weight excluding hydrogens is 401 g/mol. The SMILES string of the molecule is N#CCc1ccc(-n2cnc3cnc4ccc(-c5ccc6[nH]ccc6c5)cc4c32)cc1F. The number of hydrogen-bond donors (Lipinski definition) is 1. The number of aromatic amines is 1. The van der Waals surface area contributed by atoms with Gasteiger partial charge in [-0.15, -0.1) is 0 Å². The number of benzene rings is 3. The lowest BCUT2D eigenvalue weighted by atomic mass is 10.0. The molecule has 5 nitrogen and oxygen atoms in total. The minimum atomic E-state index is -0.398. The summed E-state index contributed by atoms with van der Waals surface area (Å²) in [6, 6.07) is 21.5. The molecule has 0 atom stereocenters. The van der Waals surface area contributed by atoms with E-state index in [9.17, 15) is 4.39 Å². The fourth-order valence-electron chi connectivity index (χ4n) is 4.22. The van der Waals surface area contributed by atoms with E-state index in [4.69, 9.17) is 5.26 Å². The van der Waals surface area contributed by atoms with Crippen molar-refractivity contribution in [3.05, 3.63) is 90.8 Å². The number of rotatable bonds is 3. The standard InChI is InChI=1S/C26H16FN5/c27-22-13-20(4-1-16(22)7-9-28)32-15-31-25-14-30-24-6-3-18(12-21(24)26(25)32)17-2-5-23-19(11-17)8-10-29-23/h1-6,8,10-15,29H,7H2. The van der Waals surface area contributed by atoms with Crippen LogP contribution in [0.15, 0.2) is 79.4 Å². The molecule has 0 aliphatic carbocycles.